The number of amides is 1. The molecule has 0 spiro atoms. The van der Waals surface area contributed by atoms with Gasteiger partial charge < -0.3 is 20.1 Å². The average molecular weight is 521 g/mol. The maximum absolute atomic E-state index is 14.6. The van der Waals surface area contributed by atoms with Crippen LogP contribution in [0.4, 0.5) is 15.8 Å². The number of aromatic nitrogens is 3. The molecule has 0 bridgehead atoms. The molecule has 1 saturated heterocycles. The standard InChI is InChI=1S/C23H29FN6O5S/c1-23(2,32)20(24)14-29-13-15-10-17(27-22(31)16-12-26-30-5-3-4-25-21(16)30)18(11-19(15)36(29,33)34)28-6-8-35-9-7-28/h3-5,10-12,20,32-34H,6-9,13-14H2,1-2H3,(H,27,31). The number of benzene rings is 1. The molecule has 3 aromatic rings. The van der Waals surface area contributed by atoms with Crippen molar-refractivity contribution in [3.63, 3.8) is 0 Å². The van der Waals surface area contributed by atoms with Crippen LogP contribution >= 0.6 is 10.8 Å². The van der Waals surface area contributed by atoms with Crippen LogP contribution in [0, 0.1) is 0 Å². The molecule has 0 radical (unpaired) electrons. The zero-order chi connectivity index (χ0) is 25.7. The first kappa shape index (κ1) is 24.9. The van der Waals surface area contributed by atoms with Crippen molar-refractivity contribution < 1.29 is 28.1 Å². The Kier molecular flexibility index (Phi) is 6.39. The number of morpholine rings is 1. The van der Waals surface area contributed by atoms with E-state index in [-0.39, 0.29) is 18.0 Å². The molecule has 194 valence electrons. The predicted molar refractivity (Wildman–Crippen MR) is 133 cm³/mol. The van der Waals surface area contributed by atoms with Crippen LogP contribution in [0.15, 0.2) is 41.7 Å². The summed E-state index contributed by atoms with van der Waals surface area (Å²) < 4.78 is 44.9. The van der Waals surface area contributed by atoms with Crippen molar-refractivity contribution in [1.29, 1.82) is 0 Å². The Balaban J connectivity index is 1.50. The summed E-state index contributed by atoms with van der Waals surface area (Å²) in [5.74, 6) is -0.412. The van der Waals surface area contributed by atoms with Crippen molar-refractivity contribution in [1.82, 2.24) is 18.9 Å². The Bertz CT molecular complexity index is 1290. The van der Waals surface area contributed by atoms with Crippen molar-refractivity contribution in [2.75, 3.05) is 43.1 Å². The second-order valence-electron chi connectivity index (χ2n) is 9.44. The van der Waals surface area contributed by atoms with Gasteiger partial charge in [-0.2, -0.15) is 9.40 Å². The van der Waals surface area contributed by atoms with E-state index < -0.39 is 28.5 Å². The maximum Gasteiger partial charge on any atom is 0.261 e. The van der Waals surface area contributed by atoms with Crippen molar-refractivity contribution in [2.24, 2.45) is 0 Å². The van der Waals surface area contributed by atoms with Crippen LogP contribution in [0.25, 0.3) is 5.65 Å². The number of alkyl halides is 1. The van der Waals surface area contributed by atoms with Crippen molar-refractivity contribution in [3.05, 3.63) is 47.9 Å². The molecular formula is C23H29FN6O5S. The van der Waals surface area contributed by atoms with Crippen molar-refractivity contribution in [3.8, 4) is 0 Å². The topological polar surface area (TPSA) is 136 Å². The zero-order valence-corrected chi connectivity index (χ0v) is 20.8. The lowest BCUT2D eigenvalue weighted by molar-refractivity contribution is -0.0107. The van der Waals surface area contributed by atoms with Gasteiger partial charge in [0.15, 0.2) is 5.65 Å². The smallest absolute Gasteiger partial charge is 0.261 e. The van der Waals surface area contributed by atoms with E-state index >= 15 is 0 Å². The largest absolute Gasteiger partial charge is 0.387 e. The number of nitrogens with one attached hydrogen (secondary N) is 1. The summed E-state index contributed by atoms with van der Waals surface area (Å²) in [6.07, 6.45) is 3.02. The SMILES string of the molecule is CC(C)(O)C(F)CN1Cc2cc(NC(=O)c3cnn4cccnc34)c(N3CCOCC3)cc2S1(O)O. The van der Waals surface area contributed by atoms with Crippen LogP contribution in [-0.4, -0.2) is 83.6 Å². The lowest BCUT2D eigenvalue weighted by Gasteiger charge is -2.39. The fourth-order valence-corrected chi connectivity index (χ4v) is 6.01. The number of nitrogens with zero attached hydrogens (tertiary/aromatic N) is 5. The Morgan fingerprint density at radius 1 is 1.31 bits per heavy atom. The van der Waals surface area contributed by atoms with E-state index in [1.807, 2.05) is 4.90 Å². The summed E-state index contributed by atoms with van der Waals surface area (Å²) >= 11 is 0. The predicted octanol–water partition coefficient (Wildman–Crippen LogP) is 2.77. The summed E-state index contributed by atoms with van der Waals surface area (Å²) in [5, 5.41) is 17.1. The number of rotatable bonds is 6. The van der Waals surface area contributed by atoms with Crippen molar-refractivity contribution in [2.45, 2.75) is 37.1 Å². The third kappa shape index (κ3) is 4.53. The molecule has 13 heteroatoms. The molecular weight excluding hydrogens is 491 g/mol. The molecule has 2 aliphatic heterocycles. The molecule has 4 heterocycles. The van der Waals surface area contributed by atoms with Crippen molar-refractivity contribution >= 4 is 33.7 Å². The Labute approximate surface area is 209 Å². The first-order valence-electron chi connectivity index (χ1n) is 11.5. The fraction of sp³-hybridized carbons (Fsp3) is 0.435. The summed E-state index contributed by atoms with van der Waals surface area (Å²) in [6, 6.07) is 5.06. The van der Waals surface area contributed by atoms with Crippen LogP contribution in [0.5, 0.6) is 0 Å². The highest BCUT2D eigenvalue weighted by atomic mass is 32.3. The highest BCUT2D eigenvalue weighted by Crippen LogP contribution is 2.60. The first-order chi connectivity index (χ1) is 17.1. The Morgan fingerprint density at radius 2 is 2.06 bits per heavy atom. The van der Waals surface area contributed by atoms with E-state index in [9.17, 15) is 23.4 Å². The normalized spacial score (nSPS) is 19.8. The van der Waals surface area contributed by atoms with Gasteiger partial charge in [0.2, 0.25) is 0 Å². The minimum atomic E-state index is -3.49. The number of ether oxygens (including phenoxy) is 1. The maximum atomic E-state index is 14.6. The molecule has 2 aliphatic rings. The molecule has 1 unspecified atom stereocenters. The molecule has 11 nitrogen and oxygen atoms in total. The molecule has 5 rings (SSSR count). The van der Waals surface area contributed by atoms with Gasteiger partial charge in [0.05, 0.1) is 47.8 Å². The van der Waals surface area contributed by atoms with Gasteiger partial charge in [-0.3, -0.25) is 13.9 Å². The minimum Gasteiger partial charge on any atom is -0.387 e. The Hall–Kier alpha value is -2.81. The molecule has 1 amide bonds. The summed E-state index contributed by atoms with van der Waals surface area (Å²) in [6.45, 7) is 4.45. The Morgan fingerprint density at radius 3 is 2.78 bits per heavy atom. The van der Waals surface area contributed by atoms with E-state index in [1.165, 1.54) is 28.9 Å². The third-order valence-electron chi connectivity index (χ3n) is 6.43. The van der Waals surface area contributed by atoms with Crippen LogP contribution in [0.3, 0.4) is 0 Å². The minimum absolute atomic E-state index is 0.0543. The molecule has 1 aromatic carbocycles. The lowest BCUT2D eigenvalue weighted by Crippen LogP contribution is -2.41. The monoisotopic (exact) mass is 520 g/mol. The molecule has 36 heavy (non-hydrogen) atoms. The molecule has 2 aromatic heterocycles. The van der Waals surface area contributed by atoms with Gasteiger partial charge in [-0.1, -0.05) is 0 Å². The van der Waals surface area contributed by atoms with Gasteiger partial charge >= 0.3 is 0 Å². The van der Waals surface area contributed by atoms with E-state index in [0.717, 1.165) is 0 Å². The van der Waals surface area contributed by atoms with Gasteiger partial charge in [-0.15, -0.1) is 10.8 Å². The first-order valence-corrected chi connectivity index (χ1v) is 13.0. The second-order valence-corrected chi connectivity index (χ2v) is 11.4. The number of anilines is 2. The number of aliphatic hydroxyl groups is 1. The van der Waals surface area contributed by atoms with Crippen LogP contribution in [0.1, 0.15) is 29.8 Å². The van der Waals surface area contributed by atoms with Crippen LogP contribution in [-0.2, 0) is 11.3 Å². The van der Waals surface area contributed by atoms with E-state index in [1.54, 1.807) is 30.6 Å². The molecule has 0 aliphatic carbocycles. The third-order valence-corrected chi connectivity index (χ3v) is 8.40. The zero-order valence-electron chi connectivity index (χ0n) is 20.0. The second kappa shape index (κ2) is 9.25. The average Bonchev–Trinajstić information content (AvgIpc) is 3.37. The number of hydrogen-bond donors (Lipinski definition) is 4. The van der Waals surface area contributed by atoms with E-state index in [4.69, 9.17) is 4.74 Å². The number of carbonyl (C=O) groups excluding carboxylic acids is 1. The van der Waals surface area contributed by atoms with Crippen LogP contribution < -0.4 is 10.2 Å². The number of hydrogen-bond acceptors (Lipinski definition) is 9. The quantitative estimate of drug-likeness (QED) is 0.387. The lowest BCUT2D eigenvalue weighted by atomic mass is 10.0. The molecule has 1 fully saturated rings. The van der Waals surface area contributed by atoms with Gasteiger partial charge in [-0.25, -0.2) is 13.9 Å². The molecule has 1 atom stereocenters. The summed E-state index contributed by atoms with van der Waals surface area (Å²) in [7, 11) is -3.49. The number of carbonyl (C=O) groups is 1. The highest BCUT2D eigenvalue weighted by molar-refractivity contribution is 8.22. The number of fused-ring (bicyclic) bond motifs is 2. The summed E-state index contributed by atoms with van der Waals surface area (Å²) in [5.41, 5.74) is 0.710. The van der Waals surface area contributed by atoms with Gasteiger partial charge in [0.1, 0.15) is 11.7 Å². The van der Waals surface area contributed by atoms with E-state index in [2.05, 4.69) is 15.4 Å². The van der Waals surface area contributed by atoms with Gasteiger partial charge in [0.25, 0.3) is 5.91 Å². The van der Waals surface area contributed by atoms with Crippen LogP contribution in [0.2, 0.25) is 0 Å². The summed E-state index contributed by atoms with van der Waals surface area (Å²) in [4.78, 5) is 19.8. The molecule has 4 N–H and O–H groups in total. The van der Waals surface area contributed by atoms with Gasteiger partial charge in [-0.05, 0) is 37.6 Å². The van der Waals surface area contributed by atoms with Gasteiger partial charge in [0, 0.05) is 32.0 Å². The fourth-order valence-electron chi connectivity index (χ4n) is 4.33. The molecule has 0 saturated carbocycles. The van der Waals surface area contributed by atoms with E-state index in [0.29, 0.717) is 54.5 Å². The highest BCUT2D eigenvalue weighted by Gasteiger charge is 2.40. The number of halogens is 1.